The quantitative estimate of drug-likeness (QED) is 0.0526. The van der Waals surface area contributed by atoms with Crippen molar-refractivity contribution in [1.82, 2.24) is 0 Å². The van der Waals surface area contributed by atoms with E-state index in [4.69, 9.17) is 20.9 Å². The van der Waals surface area contributed by atoms with Crippen molar-refractivity contribution in [3.8, 4) is 0 Å². The summed E-state index contributed by atoms with van der Waals surface area (Å²) in [6, 6.07) is -1.72. The number of nitrogens with two attached hydrogens (primary N) is 2. The van der Waals surface area contributed by atoms with Gasteiger partial charge in [-0.3, -0.25) is 9.59 Å². The minimum absolute atomic E-state index is 0. The summed E-state index contributed by atoms with van der Waals surface area (Å²) in [7, 11) is 0. The summed E-state index contributed by atoms with van der Waals surface area (Å²) in [5.41, 5.74) is 11.1. The summed E-state index contributed by atoms with van der Waals surface area (Å²) in [5.74, 6) is -3.42. The Morgan fingerprint density at radius 2 is 0.660 bits per heavy atom. The molecule has 0 aromatic carbocycles. The van der Waals surface area contributed by atoms with Crippen molar-refractivity contribution in [3.05, 3.63) is 0 Å². The molecule has 0 radical (unpaired) electrons. The Labute approximate surface area is 349 Å². The van der Waals surface area contributed by atoms with Gasteiger partial charge < -0.3 is 40.7 Å². The van der Waals surface area contributed by atoms with Crippen LogP contribution in [0.3, 0.4) is 0 Å². The molecule has 284 valence electrons. The first kappa shape index (κ1) is 56.5. The van der Waals surface area contributed by atoms with Gasteiger partial charge in [-0.1, -0.05) is 155 Å². The molecule has 4 N–H and O–H groups in total. The van der Waals surface area contributed by atoms with E-state index in [1.807, 2.05) is 0 Å². The number of unbranched alkanes of at least 4 members (excludes halogenated alkanes) is 22. The van der Waals surface area contributed by atoms with Crippen LogP contribution in [0.25, 0.3) is 0 Å². The van der Waals surface area contributed by atoms with Crippen LogP contribution in [0.1, 0.15) is 194 Å². The summed E-state index contributed by atoms with van der Waals surface area (Å²) in [5, 5.41) is 20.6. The van der Waals surface area contributed by atoms with Gasteiger partial charge in [0, 0.05) is 11.9 Å². The van der Waals surface area contributed by atoms with Crippen molar-refractivity contribution in [1.29, 1.82) is 0 Å². The summed E-state index contributed by atoms with van der Waals surface area (Å²) in [6.45, 7) is 5.23. The van der Waals surface area contributed by atoms with E-state index in [0.717, 1.165) is 25.7 Å². The zero-order valence-corrected chi connectivity index (χ0v) is 36.8. The van der Waals surface area contributed by atoms with Crippen molar-refractivity contribution in [2.45, 2.75) is 206 Å². The van der Waals surface area contributed by atoms with Crippen LogP contribution in [-0.4, -0.2) is 49.2 Å². The van der Waals surface area contributed by atoms with Crippen molar-refractivity contribution in [2.75, 3.05) is 13.2 Å². The second kappa shape index (κ2) is 45.0. The van der Waals surface area contributed by atoms with Gasteiger partial charge in [0.2, 0.25) is 0 Å². The molecule has 0 heterocycles. The van der Waals surface area contributed by atoms with Gasteiger partial charge in [0.05, 0.1) is 13.2 Å². The second-order valence-corrected chi connectivity index (χ2v) is 13.1. The van der Waals surface area contributed by atoms with E-state index in [-0.39, 0.29) is 84.8 Å². The molecule has 0 bridgehead atoms. The molecule has 0 rings (SSSR count). The number of carbonyl (C=O) groups excluding carboxylic acids is 4. The van der Waals surface area contributed by atoms with E-state index in [2.05, 4.69) is 13.8 Å². The molecule has 2 unspecified atom stereocenters. The average molecular weight is 731 g/mol. The molecule has 2 atom stereocenters. The predicted molar refractivity (Wildman–Crippen MR) is 189 cm³/mol. The zero-order valence-electron chi connectivity index (χ0n) is 32.8. The number of carboxylic acid groups (broad SMARTS) is 2. The van der Waals surface area contributed by atoms with E-state index < -0.39 is 36.0 Å². The molecule has 0 saturated heterocycles. The van der Waals surface area contributed by atoms with Crippen molar-refractivity contribution in [2.24, 2.45) is 11.5 Å². The fourth-order valence-electron chi connectivity index (χ4n) is 5.23. The Morgan fingerprint density at radius 3 is 0.880 bits per heavy atom. The molecule has 0 aliphatic carbocycles. The van der Waals surface area contributed by atoms with Crippen LogP contribution in [0.2, 0.25) is 0 Å². The Hall–Kier alpha value is -0.200. The number of rotatable bonds is 34. The van der Waals surface area contributed by atoms with Crippen molar-refractivity contribution in [3.63, 3.8) is 0 Å². The first-order valence-electron chi connectivity index (χ1n) is 19.4. The fourth-order valence-corrected chi connectivity index (χ4v) is 5.23. The third-order valence-electron chi connectivity index (χ3n) is 8.41. The number of aliphatic carboxylic acids is 2. The Morgan fingerprint density at radius 1 is 0.440 bits per heavy atom. The number of hydrogen-bond donors (Lipinski definition) is 2. The molecule has 0 aliphatic heterocycles. The SMILES string of the molecule is CCCCCCCCCCCCCCOC(=O)C(N)CCC(=O)[O-].CCCCCCCCCCCCCCOC(=O)C(N)CCC(=O)[O-].[Na+].[Na+]. The van der Waals surface area contributed by atoms with Crippen molar-refractivity contribution < 1.29 is 98.0 Å². The second-order valence-electron chi connectivity index (χ2n) is 13.1. The van der Waals surface area contributed by atoms with Gasteiger partial charge in [-0.2, -0.15) is 0 Å². The first-order valence-corrected chi connectivity index (χ1v) is 19.4. The van der Waals surface area contributed by atoms with Crippen LogP contribution in [-0.2, 0) is 28.7 Å². The monoisotopic (exact) mass is 731 g/mol. The number of carbonyl (C=O) groups is 4. The Balaban J connectivity index is -0.000000407. The smallest absolute Gasteiger partial charge is 0.550 e. The van der Waals surface area contributed by atoms with E-state index >= 15 is 0 Å². The molecule has 50 heavy (non-hydrogen) atoms. The molecule has 0 aliphatic rings. The molecule has 0 aromatic rings. The minimum Gasteiger partial charge on any atom is -0.550 e. The number of carboxylic acids is 2. The topological polar surface area (TPSA) is 185 Å². The molecule has 0 spiro atoms. The van der Waals surface area contributed by atoms with Gasteiger partial charge in [-0.15, -0.1) is 0 Å². The zero-order chi connectivity index (χ0) is 36.1. The van der Waals surface area contributed by atoms with E-state index in [9.17, 15) is 29.4 Å². The summed E-state index contributed by atoms with van der Waals surface area (Å²) in [4.78, 5) is 43.6. The third kappa shape index (κ3) is 45.8. The van der Waals surface area contributed by atoms with Gasteiger partial charge in [-0.05, 0) is 38.5 Å². The number of esters is 2. The Bertz CT molecular complexity index is 715. The largest absolute Gasteiger partial charge is 1.00 e. The number of ether oxygens (including phenoxy) is 2. The molecule has 0 amide bonds. The normalized spacial score (nSPS) is 11.6. The molecule has 0 saturated carbocycles. The maximum Gasteiger partial charge on any atom is 1.00 e. The van der Waals surface area contributed by atoms with E-state index in [1.165, 1.54) is 128 Å². The molecule has 0 aromatic heterocycles. The van der Waals surface area contributed by atoms with Gasteiger partial charge >= 0.3 is 71.1 Å². The van der Waals surface area contributed by atoms with Crippen molar-refractivity contribution >= 4 is 23.9 Å². The van der Waals surface area contributed by atoms with E-state index in [1.54, 1.807) is 0 Å². The standard InChI is InChI=1S/2C19H37NO4.2Na/c2*1-2-3-4-5-6-7-8-9-10-11-12-13-16-24-19(23)17(20)14-15-18(21)22;;/h2*17H,2-16,20H2,1H3,(H,21,22);;/q;;2*+1/p-2. The third-order valence-corrected chi connectivity index (χ3v) is 8.41. The van der Waals surface area contributed by atoms with E-state index in [0.29, 0.717) is 13.2 Å². The predicted octanol–water partition coefficient (Wildman–Crippen LogP) is 0.184. The Kier molecular flexibility index (Phi) is 50.8. The van der Waals surface area contributed by atoms with Crippen LogP contribution in [0.4, 0.5) is 0 Å². The van der Waals surface area contributed by atoms with Crippen LogP contribution >= 0.6 is 0 Å². The van der Waals surface area contributed by atoms with Gasteiger partial charge in [-0.25, -0.2) is 0 Å². The number of hydrogen-bond acceptors (Lipinski definition) is 10. The van der Waals surface area contributed by atoms with Gasteiger partial charge in [0.25, 0.3) is 0 Å². The van der Waals surface area contributed by atoms with Crippen LogP contribution in [0, 0.1) is 0 Å². The van der Waals surface area contributed by atoms with Gasteiger partial charge in [0.15, 0.2) is 0 Å². The molecule has 12 heteroatoms. The van der Waals surface area contributed by atoms with Crippen LogP contribution < -0.4 is 80.8 Å². The average Bonchev–Trinajstić information content (AvgIpc) is 3.06. The molecular formula is C38H72N2Na2O8. The molecule has 10 nitrogen and oxygen atoms in total. The summed E-state index contributed by atoms with van der Waals surface area (Å²) < 4.78 is 10.1. The fraction of sp³-hybridized carbons (Fsp3) is 0.895. The van der Waals surface area contributed by atoms with Crippen LogP contribution in [0.5, 0.6) is 0 Å². The van der Waals surface area contributed by atoms with Crippen LogP contribution in [0.15, 0.2) is 0 Å². The summed E-state index contributed by atoms with van der Waals surface area (Å²) in [6.07, 6.45) is 29.9. The van der Waals surface area contributed by atoms with Gasteiger partial charge in [0.1, 0.15) is 12.1 Å². The minimum atomic E-state index is -1.20. The molecular weight excluding hydrogens is 658 g/mol. The first-order chi connectivity index (χ1) is 23.1. The summed E-state index contributed by atoms with van der Waals surface area (Å²) >= 11 is 0. The molecule has 0 fully saturated rings. The maximum absolute atomic E-state index is 11.5. The maximum atomic E-state index is 11.5.